The highest BCUT2D eigenvalue weighted by Gasteiger charge is 2.22. The molecular formula is C27H32N6O4. The van der Waals surface area contributed by atoms with Crippen LogP contribution in [0, 0.1) is 10.1 Å². The van der Waals surface area contributed by atoms with Crippen LogP contribution < -0.4 is 16.6 Å². The Labute approximate surface area is 214 Å². The zero-order valence-electron chi connectivity index (χ0n) is 21.2. The Kier molecular flexibility index (Phi) is 8.29. The number of benzene rings is 2. The minimum absolute atomic E-state index is 0.00890. The Morgan fingerprint density at radius 1 is 0.919 bits per heavy atom. The van der Waals surface area contributed by atoms with Crippen molar-refractivity contribution in [3.63, 3.8) is 0 Å². The van der Waals surface area contributed by atoms with E-state index in [2.05, 4.69) is 5.32 Å². The molecule has 0 aliphatic heterocycles. The Morgan fingerprint density at radius 3 is 2.35 bits per heavy atom. The number of aromatic nitrogens is 4. The van der Waals surface area contributed by atoms with Crippen LogP contribution in [0.5, 0.6) is 0 Å². The summed E-state index contributed by atoms with van der Waals surface area (Å²) < 4.78 is 4.68. The molecule has 10 heteroatoms. The number of aryl methyl sites for hydroxylation is 2. The van der Waals surface area contributed by atoms with Gasteiger partial charge in [-0.15, -0.1) is 0 Å². The highest BCUT2D eigenvalue weighted by molar-refractivity contribution is 5.71. The number of nitrogens with one attached hydrogen (secondary N) is 1. The summed E-state index contributed by atoms with van der Waals surface area (Å²) in [6.07, 6.45) is 1.38. The van der Waals surface area contributed by atoms with Gasteiger partial charge in [0.1, 0.15) is 5.82 Å². The van der Waals surface area contributed by atoms with Gasteiger partial charge in [-0.2, -0.15) is 0 Å². The Morgan fingerprint density at radius 2 is 1.65 bits per heavy atom. The molecule has 0 saturated heterocycles. The number of nitrogens with zero attached hydrogens (tertiary/aromatic N) is 5. The second-order valence-corrected chi connectivity index (χ2v) is 8.89. The predicted octanol–water partition coefficient (Wildman–Crippen LogP) is 3.12. The second kappa shape index (κ2) is 11.8. The Balaban J connectivity index is 1.88. The molecule has 0 radical (unpaired) electrons. The second-order valence-electron chi connectivity index (χ2n) is 8.89. The van der Waals surface area contributed by atoms with Crippen LogP contribution >= 0.6 is 0 Å². The van der Waals surface area contributed by atoms with E-state index < -0.39 is 10.6 Å². The van der Waals surface area contributed by atoms with E-state index in [1.807, 2.05) is 48.7 Å². The van der Waals surface area contributed by atoms with E-state index in [0.29, 0.717) is 48.5 Å². The number of fused-ring (bicyclic) bond motifs is 1. The summed E-state index contributed by atoms with van der Waals surface area (Å²) in [6.45, 7) is 6.34. The fourth-order valence-corrected chi connectivity index (χ4v) is 4.61. The smallest absolute Gasteiger partial charge is 0.321 e. The molecule has 0 spiro atoms. The van der Waals surface area contributed by atoms with Crippen LogP contribution in [0.3, 0.4) is 0 Å². The largest absolute Gasteiger partial charge is 0.332 e. The van der Waals surface area contributed by atoms with Gasteiger partial charge < -0.3 is 9.88 Å². The fraction of sp³-hybridized carbons (Fsp3) is 0.370. The molecule has 0 aliphatic carbocycles. The summed E-state index contributed by atoms with van der Waals surface area (Å²) in [4.78, 5) is 43.0. The van der Waals surface area contributed by atoms with Gasteiger partial charge in [-0.05, 0) is 24.9 Å². The van der Waals surface area contributed by atoms with Crippen molar-refractivity contribution < 1.29 is 4.92 Å². The molecule has 4 aromatic rings. The molecule has 0 unspecified atom stereocenters. The van der Waals surface area contributed by atoms with Gasteiger partial charge in [-0.25, -0.2) is 9.78 Å². The first-order chi connectivity index (χ1) is 18.0. The summed E-state index contributed by atoms with van der Waals surface area (Å²) >= 11 is 0. The lowest BCUT2D eigenvalue weighted by molar-refractivity contribution is -0.385. The van der Waals surface area contributed by atoms with E-state index in [1.54, 1.807) is 18.2 Å². The molecule has 2 heterocycles. The third kappa shape index (κ3) is 5.54. The maximum absolute atomic E-state index is 13.6. The average Bonchev–Trinajstić information content (AvgIpc) is 3.25. The van der Waals surface area contributed by atoms with Crippen LogP contribution in [0.1, 0.15) is 37.2 Å². The number of para-hydroxylation sites is 1. The summed E-state index contributed by atoms with van der Waals surface area (Å²) in [5, 5.41) is 14.8. The quantitative estimate of drug-likeness (QED) is 0.180. The molecule has 0 aliphatic rings. The molecule has 2 aromatic heterocycles. The maximum atomic E-state index is 13.6. The topological polar surface area (TPSA) is 117 Å². The standard InChI is InChI=1S/C27H32N6O4/c1-3-16-32-26(34)24-25(31(27(32)35)17-14-21-12-8-9-13-22(21)33(36)37)29-23(30(24)18-15-28-4-2)19-20-10-6-5-7-11-20/h5-13,28H,3-4,14-19H2,1-2H3. The van der Waals surface area contributed by atoms with Crippen molar-refractivity contribution >= 4 is 16.9 Å². The van der Waals surface area contributed by atoms with E-state index >= 15 is 0 Å². The Bertz CT molecular complexity index is 1500. The van der Waals surface area contributed by atoms with Gasteiger partial charge in [-0.3, -0.25) is 24.0 Å². The van der Waals surface area contributed by atoms with E-state index in [4.69, 9.17) is 4.98 Å². The van der Waals surface area contributed by atoms with Gasteiger partial charge in [0.05, 0.1) is 4.92 Å². The lowest BCUT2D eigenvalue weighted by atomic mass is 10.1. The van der Waals surface area contributed by atoms with E-state index in [9.17, 15) is 19.7 Å². The fourth-order valence-electron chi connectivity index (χ4n) is 4.61. The molecule has 0 bridgehead atoms. The lowest BCUT2D eigenvalue weighted by Gasteiger charge is -2.13. The SMILES string of the molecule is CCCn1c(=O)c2c(nc(Cc3ccccc3)n2CCNCC)n(CCc2ccccc2[N+](=O)[O-])c1=O. The number of rotatable bonds is 12. The number of hydrogen-bond donors (Lipinski definition) is 1. The molecule has 0 saturated carbocycles. The van der Waals surface area contributed by atoms with Crippen LogP contribution in [0.2, 0.25) is 0 Å². The van der Waals surface area contributed by atoms with Crippen LogP contribution in [0.25, 0.3) is 11.2 Å². The molecule has 0 amide bonds. The summed E-state index contributed by atoms with van der Waals surface area (Å²) in [7, 11) is 0. The van der Waals surface area contributed by atoms with Gasteiger partial charge in [0, 0.05) is 44.2 Å². The third-order valence-corrected chi connectivity index (χ3v) is 6.40. The summed E-state index contributed by atoms with van der Waals surface area (Å²) in [5.74, 6) is 0.698. The van der Waals surface area contributed by atoms with Crippen LogP contribution in [0.15, 0.2) is 64.2 Å². The van der Waals surface area contributed by atoms with Crippen LogP contribution in [-0.4, -0.2) is 36.7 Å². The molecule has 10 nitrogen and oxygen atoms in total. The van der Waals surface area contributed by atoms with Crippen molar-refractivity contribution in [2.24, 2.45) is 0 Å². The highest BCUT2D eigenvalue weighted by atomic mass is 16.6. The number of imidazole rings is 1. The summed E-state index contributed by atoms with van der Waals surface area (Å²) in [5.41, 5.74) is 1.49. The monoisotopic (exact) mass is 504 g/mol. The normalized spacial score (nSPS) is 11.3. The first-order valence-corrected chi connectivity index (χ1v) is 12.7. The minimum atomic E-state index is -0.444. The molecule has 1 N–H and O–H groups in total. The van der Waals surface area contributed by atoms with Crippen molar-refractivity contribution in [1.82, 2.24) is 24.0 Å². The van der Waals surface area contributed by atoms with Crippen molar-refractivity contribution in [3.05, 3.63) is 103 Å². The molecule has 4 rings (SSSR count). The molecule has 0 atom stereocenters. The third-order valence-electron chi connectivity index (χ3n) is 6.40. The average molecular weight is 505 g/mol. The first kappa shape index (κ1) is 26.0. The van der Waals surface area contributed by atoms with E-state index in [1.165, 1.54) is 15.2 Å². The van der Waals surface area contributed by atoms with Gasteiger partial charge in [-0.1, -0.05) is 62.4 Å². The van der Waals surface area contributed by atoms with Crippen LogP contribution in [0.4, 0.5) is 5.69 Å². The zero-order chi connectivity index (χ0) is 26.4. The maximum Gasteiger partial charge on any atom is 0.332 e. The number of nitro benzene ring substituents is 1. The molecule has 0 fully saturated rings. The molecule has 2 aromatic carbocycles. The number of hydrogen-bond acceptors (Lipinski definition) is 6. The number of likely N-dealkylation sites (N-methyl/N-ethyl adjacent to an activating group) is 1. The van der Waals surface area contributed by atoms with Gasteiger partial charge >= 0.3 is 5.69 Å². The zero-order valence-corrected chi connectivity index (χ0v) is 21.2. The molecule has 37 heavy (non-hydrogen) atoms. The first-order valence-electron chi connectivity index (χ1n) is 12.7. The molecule has 194 valence electrons. The van der Waals surface area contributed by atoms with E-state index in [0.717, 1.165) is 12.1 Å². The lowest BCUT2D eigenvalue weighted by Crippen LogP contribution is -2.41. The number of nitro groups is 1. The van der Waals surface area contributed by atoms with Gasteiger partial charge in [0.15, 0.2) is 11.2 Å². The van der Waals surface area contributed by atoms with E-state index in [-0.39, 0.29) is 30.8 Å². The predicted molar refractivity (Wildman–Crippen MR) is 143 cm³/mol. The minimum Gasteiger partial charge on any atom is -0.321 e. The van der Waals surface area contributed by atoms with Crippen molar-refractivity contribution in [3.8, 4) is 0 Å². The van der Waals surface area contributed by atoms with Crippen molar-refractivity contribution in [1.29, 1.82) is 0 Å². The summed E-state index contributed by atoms with van der Waals surface area (Å²) in [6, 6.07) is 16.4. The van der Waals surface area contributed by atoms with Crippen LogP contribution in [-0.2, 0) is 32.5 Å². The molecular weight excluding hydrogens is 472 g/mol. The van der Waals surface area contributed by atoms with Crippen molar-refractivity contribution in [2.45, 2.75) is 52.7 Å². The Hall–Kier alpha value is -4.05. The van der Waals surface area contributed by atoms with Crippen molar-refractivity contribution in [2.75, 3.05) is 13.1 Å². The van der Waals surface area contributed by atoms with Gasteiger partial charge in [0.2, 0.25) is 0 Å². The van der Waals surface area contributed by atoms with Gasteiger partial charge in [0.25, 0.3) is 11.2 Å². The highest BCUT2D eigenvalue weighted by Crippen LogP contribution is 2.20.